The van der Waals surface area contributed by atoms with Gasteiger partial charge in [0.1, 0.15) is 0 Å². The van der Waals surface area contributed by atoms with E-state index in [1.54, 1.807) is 4.90 Å². The van der Waals surface area contributed by atoms with E-state index in [4.69, 9.17) is 0 Å². The molecular formula is C15H19N3O. The SMILES string of the molecule is CCN(C(=O)c1cc(C(C)C)[nH]n1)c1ccccc1. The predicted octanol–water partition coefficient (Wildman–Crippen LogP) is 3.20. The molecule has 2 aromatic rings. The van der Waals surface area contributed by atoms with Gasteiger partial charge in [0.15, 0.2) is 5.69 Å². The van der Waals surface area contributed by atoms with Crippen molar-refractivity contribution in [3.05, 3.63) is 47.8 Å². The number of H-pyrrole nitrogens is 1. The molecule has 1 amide bonds. The van der Waals surface area contributed by atoms with Crippen LogP contribution in [0.1, 0.15) is 42.9 Å². The number of rotatable bonds is 4. The highest BCUT2D eigenvalue weighted by atomic mass is 16.2. The molecule has 19 heavy (non-hydrogen) atoms. The van der Waals surface area contributed by atoms with Crippen molar-refractivity contribution in [3.8, 4) is 0 Å². The van der Waals surface area contributed by atoms with E-state index < -0.39 is 0 Å². The zero-order valence-electron chi connectivity index (χ0n) is 11.6. The van der Waals surface area contributed by atoms with Gasteiger partial charge in [-0.05, 0) is 31.0 Å². The standard InChI is InChI=1S/C15H19N3O/c1-4-18(12-8-6-5-7-9-12)15(19)14-10-13(11(2)3)16-17-14/h5-11H,4H2,1-3H3,(H,16,17). The lowest BCUT2D eigenvalue weighted by Crippen LogP contribution is -2.30. The molecule has 0 saturated heterocycles. The van der Waals surface area contributed by atoms with E-state index in [-0.39, 0.29) is 5.91 Å². The van der Waals surface area contributed by atoms with E-state index in [9.17, 15) is 4.79 Å². The van der Waals surface area contributed by atoms with Crippen LogP contribution >= 0.6 is 0 Å². The largest absolute Gasteiger partial charge is 0.307 e. The molecule has 0 aliphatic carbocycles. The maximum Gasteiger partial charge on any atom is 0.278 e. The summed E-state index contributed by atoms with van der Waals surface area (Å²) in [6, 6.07) is 11.5. The second-order valence-electron chi connectivity index (χ2n) is 4.75. The molecule has 2 rings (SSSR count). The number of nitrogens with zero attached hydrogens (tertiary/aromatic N) is 2. The average Bonchev–Trinajstić information content (AvgIpc) is 2.90. The number of benzene rings is 1. The Morgan fingerprint density at radius 3 is 2.53 bits per heavy atom. The summed E-state index contributed by atoms with van der Waals surface area (Å²) < 4.78 is 0. The van der Waals surface area contributed by atoms with Gasteiger partial charge in [0, 0.05) is 17.9 Å². The lowest BCUT2D eigenvalue weighted by Gasteiger charge is -2.19. The van der Waals surface area contributed by atoms with E-state index in [1.165, 1.54) is 0 Å². The molecule has 4 heteroatoms. The molecule has 1 N–H and O–H groups in total. The number of amides is 1. The second kappa shape index (κ2) is 5.69. The molecule has 1 aromatic carbocycles. The van der Waals surface area contributed by atoms with Gasteiger partial charge in [-0.2, -0.15) is 5.10 Å². The molecular weight excluding hydrogens is 238 g/mol. The Morgan fingerprint density at radius 1 is 1.32 bits per heavy atom. The molecule has 0 aliphatic rings. The molecule has 0 saturated carbocycles. The molecule has 0 spiro atoms. The van der Waals surface area contributed by atoms with Crippen molar-refractivity contribution < 1.29 is 4.79 Å². The van der Waals surface area contributed by atoms with Crippen LogP contribution < -0.4 is 4.90 Å². The summed E-state index contributed by atoms with van der Waals surface area (Å²) >= 11 is 0. The number of nitrogens with one attached hydrogen (secondary N) is 1. The van der Waals surface area contributed by atoms with Gasteiger partial charge in [0.05, 0.1) is 0 Å². The molecule has 4 nitrogen and oxygen atoms in total. The summed E-state index contributed by atoms with van der Waals surface area (Å²) in [6.45, 7) is 6.71. The van der Waals surface area contributed by atoms with Crippen LogP contribution in [0.4, 0.5) is 5.69 Å². The van der Waals surface area contributed by atoms with Gasteiger partial charge in [0.25, 0.3) is 5.91 Å². The third kappa shape index (κ3) is 2.84. The van der Waals surface area contributed by atoms with Crippen LogP contribution in [-0.2, 0) is 0 Å². The minimum atomic E-state index is -0.0724. The molecule has 0 fully saturated rings. The number of aromatic amines is 1. The van der Waals surface area contributed by atoms with Crippen LogP contribution in [0, 0.1) is 0 Å². The van der Waals surface area contributed by atoms with Crippen LogP contribution in [0.3, 0.4) is 0 Å². The van der Waals surface area contributed by atoms with Crippen molar-refractivity contribution in [2.45, 2.75) is 26.7 Å². The lowest BCUT2D eigenvalue weighted by atomic mass is 10.1. The number of para-hydroxylation sites is 1. The molecule has 100 valence electrons. The summed E-state index contributed by atoms with van der Waals surface area (Å²) in [5.74, 6) is 0.262. The van der Waals surface area contributed by atoms with Crippen LogP contribution in [0.15, 0.2) is 36.4 Å². The first kappa shape index (κ1) is 13.3. The van der Waals surface area contributed by atoms with Crippen molar-refractivity contribution in [1.82, 2.24) is 10.2 Å². The normalized spacial score (nSPS) is 10.7. The second-order valence-corrected chi connectivity index (χ2v) is 4.75. The van der Waals surface area contributed by atoms with Gasteiger partial charge < -0.3 is 4.90 Å². The average molecular weight is 257 g/mol. The van der Waals surface area contributed by atoms with E-state index in [2.05, 4.69) is 24.0 Å². The minimum absolute atomic E-state index is 0.0724. The fourth-order valence-electron chi connectivity index (χ4n) is 1.93. The Balaban J connectivity index is 2.26. The van der Waals surface area contributed by atoms with Crippen molar-refractivity contribution in [2.24, 2.45) is 0 Å². The third-order valence-electron chi connectivity index (χ3n) is 3.07. The number of aromatic nitrogens is 2. The number of hydrogen-bond acceptors (Lipinski definition) is 2. The first-order chi connectivity index (χ1) is 9.13. The quantitative estimate of drug-likeness (QED) is 0.914. The highest BCUT2D eigenvalue weighted by Gasteiger charge is 2.19. The summed E-state index contributed by atoms with van der Waals surface area (Å²) in [7, 11) is 0. The van der Waals surface area contributed by atoms with E-state index in [1.807, 2.05) is 43.3 Å². The first-order valence-electron chi connectivity index (χ1n) is 6.55. The fraction of sp³-hybridized carbons (Fsp3) is 0.333. The maximum absolute atomic E-state index is 12.5. The van der Waals surface area contributed by atoms with Gasteiger partial charge in [-0.1, -0.05) is 32.0 Å². The van der Waals surface area contributed by atoms with E-state index in [0.717, 1.165) is 11.4 Å². The number of carbonyl (C=O) groups is 1. The number of anilines is 1. The molecule has 0 atom stereocenters. The van der Waals surface area contributed by atoms with Crippen LogP contribution in [0.5, 0.6) is 0 Å². The first-order valence-corrected chi connectivity index (χ1v) is 6.55. The fourth-order valence-corrected chi connectivity index (χ4v) is 1.93. The van der Waals surface area contributed by atoms with Gasteiger partial charge in [0.2, 0.25) is 0 Å². The van der Waals surface area contributed by atoms with E-state index in [0.29, 0.717) is 18.2 Å². The Kier molecular flexibility index (Phi) is 4.00. The Morgan fingerprint density at radius 2 is 2.00 bits per heavy atom. The Hall–Kier alpha value is -2.10. The monoisotopic (exact) mass is 257 g/mol. The summed E-state index contributed by atoms with van der Waals surface area (Å²) in [5, 5.41) is 7.03. The molecule has 1 aromatic heterocycles. The van der Waals surface area contributed by atoms with Gasteiger partial charge >= 0.3 is 0 Å². The smallest absolute Gasteiger partial charge is 0.278 e. The van der Waals surface area contributed by atoms with Gasteiger partial charge in [-0.15, -0.1) is 0 Å². The van der Waals surface area contributed by atoms with Crippen molar-refractivity contribution in [1.29, 1.82) is 0 Å². The molecule has 0 bridgehead atoms. The highest BCUT2D eigenvalue weighted by molar-refractivity contribution is 6.04. The number of hydrogen-bond donors (Lipinski definition) is 1. The van der Waals surface area contributed by atoms with Crippen LogP contribution in [0.25, 0.3) is 0 Å². The van der Waals surface area contributed by atoms with Crippen LogP contribution in [-0.4, -0.2) is 22.6 Å². The summed E-state index contributed by atoms with van der Waals surface area (Å²) in [6.07, 6.45) is 0. The lowest BCUT2D eigenvalue weighted by molar-refractivity contribution is 0.0983. The zero-order valence-corrected chi connectivity index (χ0v) is 11.6. The third-order valence-corrected chi connectivity index (χ3v) is 3.07. The minimum Gasteiger partial charge on any atom is -0.307 e. The topological polar surface area (TPSA) is 49.0 Å². The van der Waals surface area contributed by atoms with Crippen molar-refractivity contribution in [3.63, 3.8) is 0 Å². The van der Waals surface area contributed by atoms with Gasteiger partial charge in [-0.25, -0.2) is 0 Å². The maximum atomic E-state index is 12.5. The summed E-state index contributed by atoms with van der Waals surface area (Å²) in [4.78, 5) is 14.2. The van der Waals surface area contributed by atoms with E-state index >= 15 is 0 Å². The molecule has 1 heterocycles. The van der Waals surface area contributed by atoms with Crippen molar-refractivity contribution >= 4 is 11.6 Å². The predicted molar refractivity (Wildman–Crippen MR) is 76.5 cm³/mol. The zero-order chi connectivity index (χ0) is 13.8. The molecule has 0 unspecified atom stereocenters. The number of carbonyl (C=O) groups excluding carboxylic acids is 1. The summed E-state index contributed by atoms with van der Waals surface area (Å²) in [5.41, 5.74) is 2.34. The van der Waals surface area contributed by atoms with Crippen molar-refractivity contribution in [2.75, 3.05) is 11.4 Å². The highest BCUT2D eigenvalue weighted by Crippen LogP contribution is 2.18. The van der Waals surface area contributed by atoms with Crippen LogP contribution in [0.2, 0.25) is 0 Å². The van der Waals surface area contributed by atoms with Gasteiger partial charge in [-0.3, -0.25) is 9.89 Å². The molecule has 0 radical (unpaired) electrons. The molecule has 0 aliphatic heterocycles. The Labute approximate surface area is 113 Å². The Bertz CT molecular complexity index is 546.